The van der Waals surface area contributed by atoms with Crippen LogP contribution in [-0.4, -0.2) is 28.5 Å². The molecule has 1 heterocycles. The number of rotatable bonds is 6. The van der Waals surface area contributed by atoms with Crippen molar-refractivity contribution in [3.63, 3.8) is 0 Å². The van der Waals surface area contributed by atoms with Crippen molar-refractivity contribution in [1.29, 1.82) is 10.5 Å². The molecule has 0 aliphatic heterocycles. The molecule has 0 aliphatic rings. The van der Waals surface area contributed by atoms with E-state index in [0.717, 1.165) is 5.69 Å². The summed E-state index contributed by atoms with van der Waals surface area (Å²) in [6.07, 6.45) is 6.05. The fraction of sp³-hybridized carbons (Fsp3) is 0.500. The van der Waals surface area contributed by atoms with Crippen LogP contribution >= 0.6 is 0 Å². The molecule has 0 unspecified atom stereocenters. The minimum atomic E-state index is -0.101. The summed E-state index contributed by atoms with van der Waals surface area (Å²) in [6.45, 7) is 1.31. The highest BCUT2D eigenvalue weighted by Crippen LogP contribution is 2.08. The Labute approximate surface area is 101 Å². The highest BCUT2D eigenvalue weighted by molar-refractivity contribution is 4.95. The van der Waals surface area contributed by atoms with E-state index in [-0.39, 0.29) is 5.92 Å². The van der Waals surface area contributed by atoms with Gasteiger partial charge in [-0.15, -0.1) is 0 Å². The maximum absolute atomic E-state index is 8.95. The molecule has 1 rings (SSSR count). The van der Waals surface area contributed by atoms with Gasteiger partial charge in [0.1, 0.15) is 0 Å². The first-order valence-corrected chi connectivity index (χ1v) is 5.46. The largest absolute Gasteiger partial charge is 0.299 e. The second-order valence-electron chi connectivity index (χ2n) is 3.92. The first-order chi connectivity index (χ1) is 8.26. The van der Waals surface area contributed by atoms with Crippen LogP contribution in [0.2, 0.25) is 0 Å². The molecule has 0 saturated carbocycles. The van der Waals surface area contributed by atoms with Gasteiger partial charge in [0.2, 0.25) is 0 Å². The van der Waals surface area contributed by atoms with Gasteiger partial charge < -0.3 is 0 Å². The lowest BCUT2D eigenvalue weighted by molar-refractivity contribution is 0.286. The van der Waals surface area contributed by atoms with E-state index >= 15 is 0 Å². The average Bonchev–Trinajstić information content (AvgIpc) is 2.35. The zero-order valence-electron chi connectivity index (χ0n) is 9.87. The second-order valence-corrected chi connectivity index (χ2v) is 3.92. The van der Waals surface area contributed by atoms with Crippen molar-refractivity contribution >= 4 is 0 Å². The van der Waals surface area contributed by atoms with Crippen molar-refractivity contribution in [2.24, 2.45) is 5.92 Å². The van der Waals surface area contributed by atoms with Crippen LogP contribution in [0.15, 0.2) is 18.6 Å². The number of hydrogen-bond acceptors (Lipinski definition) is 5. The van der Waals surface area contributed by atoms with Gasteiger partial charge in [0.05, 0.1) is 23.8 Å². The molecule has 17 heavy (non-hydrogen) atoms. The maximum Gasteiger partial charge on any atom is 0.0726 e. The molecule has 88 valence electrons. The molecule has 1 atom stereocenters. The van der Waals surface area contributed by atoms with Crippen LogP contribution in [-0.2, 0) is 6.54 Å². The summed E-state index contributed by atoms with van der Waals surface area (Å²) in [5, 5.41) is 17.4. The van der Waals surface area contributed by atoms with Crippen molar-refractivity contribution in [3.05, 3.63) is 24.3 Å². The van der Waals surface area contributed by atoms with Crippen LogP contribution in [0.3, 0.4) is 0 Å². The summed E-state index contributed by atoms with van der Waals surface area (Å²) in [5.41, 5.74) is 0.881. The van der Waals surface area contributed by atoms with Crippen molar-refractivity contribution in [2.75, 3.05) is 13.6 Å². The van der Waals surface area contributed by atoms with Gasteiger partial charge in [-0.2, -0.15) is 10.5 Å². The predicted molar refractivity (Wildman–Crippen MR) is 62.3 cm³/mol. The normalized spacial score (nSPS) is 11.8. The molecule has 0 N–H and O–H groups in total. The molecule has 5 nitrogen and oxygen atoms in total. The van der Waals surface area contributed by atoms with E-state index in [0.29, 0.717) is 25.9 Å². The number of aromatic nitrogens is 2. The standard InChI is InChI=1S/C12H15N5/c1-17(9-11(7-14)3-2-4-13)10-12-8-15-5-6-16-12/h5-6,8,11H,2-3,9-10H2,1H3/t11-/m0/s1. The Morgan fingerprint density at radius 3 is 2.82 bits per heavy atom. The highest BCUT2D eigenvalue weighted by atomic mass is 15.1. The fourth-order valence-corrected chi connectivity index (χ4v) is 1.56. The smallest absolute Gasteiger partial charge is 0.0726 e. The average molecular weight is 229 g/mol. The lowest BCUT2D eigenvalue weighted by atomic mass is 10.1. The van der Waals surface area contributed by atoms with Crippen molar-refractivity contribution in [1.82, 2.24) is 14.9 Å². The van der Waals surface area contributed by atoms with Crippen molar-refractivity contribution < 1.29 is 0 Å². The summed E-state index contributed by atoms with van der Waals surface area (Å²) in [5.74, 6) is -0.101. The van der Waals surface area contributed by atoms with Crippen molar-refractivity contribution in [2.45, 2.75) is 19.4 Å². The molecule has 5 heteroatoms. The zero-order valence-corrected chi connectivity index (χ0v) is 9.87. The number of nitrogens with zero attached hydrogens (tertiary/aromatic N) is 5. The number of hydrogen-bond donors (Lipinski definition) is 0. The molecule has 0 saturated heterocycles. The third-order valence-corrected chi connectivity index (χ3v) is 2.37. The van der Waals surface area contributed by atoms with Crippen LogP contribution in [0, 0.1) is 28.6 Å². The van der Waals surface area contributed by atoms with Gasteiger partial charge in [0, 0.05) is 38.1 Å². The molecule has 0 amide bonds. The first kappa shape index (κ1) is 13.1. The van der Waals surface area contributed by atoms with E-state index < -0.39 is 0 Å². The summed E-state index contributed by atoms with van der Waals surface area (Å²) in [4.78, 5) is 10.2. The van der Waals surface area contributed by atoms with Crippen LogP contribution < -0.4 is 0 Å². The summed E-state index contributed by atoms with van der Waals surface area (Å²) >= 11 is 0. The van der Waals surface area contributed by atoms with Crippen LogP contribution in [0.5, 0.6) is 0 Å². The fourth-order valence-electron chi connectivity index (χ4n) is 1.56. The van der Waals surface area contributed by atoms with Crippen LogP contribution in [0.4, 0.5) is 0 Å². The van der Waals surface area contributed by atoms with E-state index in [1.165, 1.54) is 0 Å². The van der Waals surface area contributed by atoms with Gasteiger partial charge in [-0.1, -0.05) is 0 Å². The molecule has 1 aromatic rings. The maximum atomic E-state index is 8.95. The summed E-state index contributed by atoms with van der Waals surface area (Å²) in [7, 11) is 1.94. The SMILES string of the molecule is CN(Cc1cnccn1)C[C@H](C#N)CCC#N. The monoisotopic (exact) mass is 229 g/mol. The molecule has 0 aliphatic carbocycles. The van der Waals surface area contributed by atoms with Crippen LogP contribution in [0.25, 0.3) is 0 Å². The van der Waals surface area contributed by atoms with Crippen molar-refractivity contribution in [3.8, 4) is 12.1 Å². The van der Waals surface area contributed by atoms with Gasteiger partial charge in [-0.3, -0.25) is 14.9 Å². The molecule has 0 spiro atoms. The Bertz CT molecular complexity index is 403. The van der Waals surface area contributed by atoms with E-state index in [1.54, 1.807) is 18.6 Å². The molecule has 1 aromatic heterocycles. The topological polar surface area (TPSA) is 76.6 Å². The molecule has 0 bridgehead atoms. The van der Waals surface area contributed by atoms with E-state index in [2.05, 4.69) is 22.1 Å². The second kappa shape index (κ2) is 7.32. The van der Waals surface area contributed by atoms with Gasteiger partial charge >= 0.3 is 0 Å². The predicted octanol–water partition coefficient (Wildman–Crippen LogP) is 1.35. The minimum absolute atomic E-state index is 0.101. The lowest BCUT2D eigenvalue weighted by Gasteiger charge is -2.18. The Hall–Kier alpha value is -1.98. The first-order valence-electron chi connectivity index (χ1n) is 5.46. The molecular formula is C12H15N5. The zero-order chi connectivity index (χ0) is 12.5. The van der Waals surface area contributed by atoms with Gasteiger partial charge in [0.25, 0.3) is 0 Å². The quantitative estimate of drug-likeness (QED) is 0.736. The Kier molecular flexibility index (Phi) is 5.63. The molecule has 0 fully saturated rings. The molecular weight excluding hydrogens is 214 g/mol. The lowest BCUT2D eigenvalue weighted by Crippen LogP contribution is -2.25. The van der Waals surface area contributed by atoms with E-state index in [1.807, 2.05) is 11.9 Å². The minimum Gasteiger partial charge on any atom is -0.299 e. The molecule has 0 aromatic carbocycles. The highest BCUT2D eigenvalue weighted by Gasteiger charge is 2.11. The molecule has 0 radical (unpaired) electrons. The Morgan fingerprint density at radius 1 is 1.41 bits per heavy atom. The van der Waals surface area contributed by atoms with Gasteiger partial charge in [-0.05, 0) is 13.5 Å². The van der Waals surface area contributed by atoms with E-state index in [9.17, 15) is 0 Å². The Morgan fingerprint density at radius 2 is 2.24 bits per heavy atom. The van der Waals surface area contributed by atoms with E-state index in [4.69, 9.17) is 10.5 Å². The Balaban J connectivity index is 2.41. The van der Waals surface area contributed by atoms with Gasteiger partial charge in [-0.25, -0.2) is 0 Å². The third-order valence-electron chi connectivity index (χ3n) is 2.37. The summed E-state index contributed by atoms with van der Waals surface area (Å²) < 4.78 is 0. The summed E-state index contributed by atoms with van der Waals surface area (Å²) in [6, 6.07) is 4.29. The van der Waals surface area contributed by atoms with Gasteiger partial charge in [0.15, 0.2) is 0 Å². The third kappa shape index (κ3) is 5.05. The van der Waals surface area contributed by atoms with Crippen LogP contribution in [0.1, 0.15) is 18.5 Å². The number of nitriles is 2.